The highest BCUT2D eigenvalue weighted by atomic mass is 14.6. The third kappa shape index (κ3) is 3.20. The summed E-state index contributed by atoms with van der Waals surface area (Å²) in [5.74, 6) is 0. The molecule has 0 spiro atoms. The Morgan fingerprint density at radius 1 is 1.07 bits per heavy atom. The van der Waals surface area contributed by atoms with Crippen molar-refractivity contribution in [1.29, 1.82) is 0 Å². The van der Waals surface area contributed by atoms with E-state index in [0.29, 0.717) is 5.41 Å². The van der Waals surface area contributed by atoms with Crippen molar-refractivity contribution in [2.75, 3.05) is 0 Å². The van der Waals surface area contributed by atoms with Crippen LogP contribution in [0.2, 0.25) is 0 Å². The van der Waals surface area contributed by atoms with Gasteiger partial charge in [-0.25, -0.2) is 0 Å². The number of pyridine rings is 1. The molecule has 4 rings (SSSR count). The molecule has 1 heterocycles. The second-order valence-corrected chi connectivity index (χ2v) is 8.26. The summed E-state index contributed by atoms with van der Waals surface area (Å²) in [5, 5.41) is 0. The summed E-state index contributed by atoms with van der Waals surface area (Å²) >= 11 is 0. The molecule has 2 aliphatic rings. The minimum absolute atomic E-state index is 0.409. The predicted molar refractivity (Wildman–Crippen MR) is 116 cm³/mol. The second kappa shape index (κ2) is 6.96. The van der Waals surface area contributed by atoms with Gasteiger partial charge in [0, 0.05) is 12.4 Å². The number of rotatable bonds is 4. The fourth-order valence-electron chi connectivity index (χ4n) is 4.74. The Hall–Kier alpha value is -2.41. The lowest BCUT2D eigenvalue weighted by molar-refractivity contribution is 0.261. The lowest BCUT2D eigenvalue weighted by Gasteiger charge is -2.38. The molecule has 0 N–H and O–H groups in total. The van der Waals surface area contributed by atoms with Crippen LogP contribution in [0.5, 0.6) is 0 Å². The minimum atomic E-state index is 0.409. The number of benzene rings is 1. The Kier molecular flexibility index (Phi) is 4.63. The van der Waals surface area contributed by atoms with E-state index in [4.69, 9.17) is 0 Å². The highest BCUT2D eigenvalue weighted by molar-refractivity contribution is 5.90. The van der Waals surface area contributed by atoms with Crippen LogP contribution in [0, 0.1) is 12.3 Å². The molecule has 0 unspecified atom stereocenters. The normalized spacial score (nSPS) is 18.1. The summed E-state index contributed by atoms with van der Waals surface area (Å²) in [4.78, 5) is 4.22. The molecule has 1 heteroatoms. The smallest absolute Gasteiger partial charge is 0.0303 e. The first-order valence-electron chi connectivity index (χ1n) is 10.2. The number of allylic oxidation sites excluding steroid dienone is 5. The van der Waals surface area contributed by atoms with Gasteiger partial charge in [-0.15, -0.1) is 0 Å². The van der Waals surface area contributed by atoms with Gasteiger partial charge in [0.15, 0.2) is 0 Å². The first-order chi connectivity index (χ1) is 13.0. The van der Waals surface area contributed by atoms with Gasteiger partial charge in [0.05, 0.1) is 0 Å². The highest BCUT2D eigenvalue weighted by Gasteiger charge is 2.33. The molecule has 0 fully saturated rings. The summed E-state index contributed by atoms with van der Waals surface area (Å²) < 4.78 is 0. The van der Waals surface area contributed by atoms with Gasteiger partial charge >= 0.3 is 0 Å². The van der Waals surface area contributed by atoms with Crippen LogP contribution in [-0.2, 0) is 6.42 Å². The second-order valence-electron chi connectivity index (χ2n) is 8.26. The Labute approximate surface area is 163 Å². The molecule has 2 aromatic rings. The summed E-state index contributed by atoms with van der Waals surface area (Å²) in [7, 11) is 0. The zero-order chi connectivity index (χ0) is 19.0. The van der Waals surface area contributed by atoms with Gasteiger partial charge in [0.25, 0.3) is 0 Å². The van der Waals surface area contributed by atoms with E-state index in [1.54, 1.807) is 0 Å². The molecular formula is C26H29N. The van der Waals surface area contributed by atoms with E-state index < -0.39 is 0 Å². The molecule has 1 nitrogen and oxygen atoms in total. The molecule has 0 saturated carbocycles. The molecule has 0 saturated heterocycles. The van der Waals surface area contributed by atoms with E-state index in [-0.39, 0.29) is 0 Å². The molecule has 0 aliphatic heterocycles. The van der Waals surface area contributed by atoms with Crippen LogP contribution < -0.4 is 0 Å². The summed E-state index contributed by atoms with van der Waals surface area (Å²) in [6, 6.07) is 9.17. The number of nitrogens with zero attached hydrogens (tertiary/aromatic N) is 1. The Morgan fingerprint density at radius 3 is 2.63 bits per heavy atom. The van der Waals surface area contributed by atoms with Crippen LogP contribution in [-0.4, -0.2) is 4.98 Å². The van der Waals surface area contributed by atoms with Crippen LogP contribution >= 0.6 is 0 Å². The third-order valence-electron chi connectivity index (χ3n) is 6.72. The van der Waals surface area contributed by atoms with Gasteiger partial charge in [-0.1, -0.05) is 44.7 Å². The highest BCUT2D eigenvalue weighted by Crippen LogP contribution is 2.46. The average Bonchev–Trinajstić information content (AvgIpc) is 3.18. The maximum atomic E-state index is 4.45. The molecule has 0 atom stereocenters. The van der Waals surface area contributed by atoms with Crippen molar-refractivity contribution in [2.45, 2.75) is 52.9 Å². The quantitative estimate of drug-likeness (QED) is 0.574. The molecule has 0 radical (unpaired) electrons. The van der Waals surface area contributed by atoms with E-state index in [1.807, 2.05) is 12.4 Å². The maximum absolute atomic E-state index is 4.45. The molecule has 0 bridgehead atoms. The fraction of sp³-hybridized carbons (Fsp3) is 0.346. The van der Waals surface area contributed by atoms with Crippen LogP contribution in [0.25, 0.3) is 16.7 Å². The van der Waals surface area contributed by atoms with E-state index >= 15 is 0 Å². The number of aromatic nitrogens is 1. The van der Waals surface area contributed by atoms with E-state index in [9.17, 15) is 0 Å². The van der Waals surface area contributed by atoms with Crippen molar-refractivity contribution in [3.63, 3.8) is 0 Å². The van der Waals surface area contributed by atoms with Crippen LogP contribution in [0.1, 0.15) is 67.3 Å². The molecule has 27 heavy (non-hydrogen) atoms. The molecule has 138 valence electrons. The standard InChI is InChI=1S/C26H29N/c1-5-26(6-2)15-18(3)25-14-21(8-10-23(25)16-26)20-7-9-22(13-20)24-11-12-27-17-19(24)4/h8-14,17H,3,5-7,15-16H2,1-2,4H3. The summed E-state index contributed by atoms with van der Waals surface area (Å²) in [6.07, 6.45) is 14.3. The van der Waals surface area contributed by atoms with E-state index in [2.05, 4.69) is 68.8 Å². The van der Waals surface area contributed by atoms with Crippen molar-refractivity contribution in [3.05, 3.63) is 83.2 Å². The van der Waals surface area contributed by atoms with Crippen molar-refractivity contribution in [3.8, 4) is 0 Å². The van der Waals surface area contributed by atoms with Crippen molar-refractivity contribution < 1.29 is 0 Å². The lowest BCUT2D eigenvalue weighted by atomic mass is 9.66. The first kappa shape index (κ1) is 18.0. The monoisotopic (exact) mass is 355 g/mol. The predicted octanol–water partition coefficient (Wildman–Crippen LogP) is 7.03. The van der Waals surface area contributed by atoms with Gasteiger partial charge in [0.1, 0.15) is 0 Å². The lowest BCUT2D eigenvalue weighted by Crippen LogP contribution is -2.26. The Bertz CT molecular complexity index is 954. The molecule has 1 aromatic carbocycles. The van der Waals surface area contributed by atoms with Crippen molar-refractivity contribution in [2.24, 2.45) is 5.41 Å². The summed E-state index contributed by atoms with van der Waals surface area (Å²) in [6.45, 7) is 11.2. The fourth-order valence-corrected chi connectivity index (χ4v) is 4.74. The maximum Gasteiger partial charge on any atom is 0.0303 e. The average molecular weight is 356 g/mol. The number of hydrogen-bond acceptors (Lipinski definition) is 1. The van der Waals surface area contributed by atoms with Gasteiger partial charge in [-0.05, 0) is 101 Å². The van der Waals surface area contributed by atoms with Crippen molar-refractivity contribution in [1.82, 2.24) is 4.98 Å². The number of aryl methyl sites for hydroxylation is 1. The van der Waals surface area contributed by atoms with Crippen LogP contribution in [0.3, 0.4) is 0 Å². The third-order valence-corrected chi connectivity index (χ3v) is 6.72. The molecule has 0 amide bonds. The molecule has 2 aliphatic carbocycles. The number of hydrogen-bond donors (Lipinski definition) is 0. The molecule has 1 aromatic heterocycles. The zero-order valence-electron chi connectivity index (χ0n) is 16.8. The van der Waals surface area contributed by atoms with E-state index in [0.717, 1.165) is 12.8 Å². The van der Waals surface area contributed by atoms with Gasteiger partial charge in [0.2, 0.25) is 0 Å². The topological polar surface area (TPSA) is 12.9 Å². The minimum Gasteiger partial charge on any atom is -0.264 e. The number of fused-ring (bicyclic) bond motifs is 1. The van der Waals surface area contributed by atoms with Gasteiger partial charge in [-0.3, -0.25) is 4.98 Å². The SMILES string of the molecule is C=C1CC(CC)(CC)Cc2ccc(C3=CC(c4ccncc4C)=CC3)cc21. The van der Waals surface area contributed by atoms with Crippen molar-refractivity contribution >= 4 is 16.7 Å². The van der Waals surface area contributed by atoms with Gasteiger partial charge in [-0.2, -0.15) is 0 Å². The molecular weight excluding hydrogens is 326 g/mol. The van der Waals surface area contributed by atoms with Gasteiger partial charge < -0.3 is 0 Å². The Balaban J connectivity index is 1.65. The first-order valence-corrected chi connectivity index (χ1v) is 10.2. The summed E-state index contributed by atoms with van der Waals surface area (Å²) in [5.41, 5.74) is 11.2. The van der Waals surface area contributed by atoms with Crippen LogP contribution in [0.15, 0.2) is 55.4 Å². The van der Waals surface area contributed by atoms with E-state index in [1.165, 1.54) is 63.8 Å². The zero-order valence-corrected chi connectivity index (χ0v) is 16.8. The Morgan fingerprint density at radius 2 is 1.89 bits per heavy atom. The largest absolute Gasteiger partial charge is 0.264 e. The van der Waals surface area contributed by atoms with Crippen LogP contribution in [0.4, 0.5) is 0 Å².